The van der Waals surface area contributed by atoms with Gasteiger partial charge in [-0.2, -0.15) is 0 Å². The summed E-state index contributed by atoms with van der Waals surface area (Å²) < 4.78 is 25.4. The standard InChI is InChI=1S/C12H25N3O3S/c1-11(10-13)14(2)12(16)6-5-9-19(17,18)15-7-3-4-8-15/h11H,3-10,13H2,1-2H3. The van der Waals surface area contributed by atoms with E-state index in [1.165, 1.54) is 4.31 Å². The lowest BCUT2D eigenvalue weighted by atomic mass is 10.2. The monoisotopic (exact) mass is 291 g/mol. The Labute approximate surface area is 116 Å². The molecule has 6 nitrogen and oxygen atoms in total. The summed E-state index contributed by atoms with van der Waals surface area (Å²) in [5.41, 5.74) is 5.49. The molecule has 7 heteroatoms. The van der Waals surface area contributed by atoms with Crippen molar-refractivity contribution in [3.8, 4) is 0 Å². The average Bonchev–Trinajstić information content (AvgIpc) is 2.91. The third-order valence-electron chi connectivity index (χ3n) is 3.65. The average molecular weight is 291 g/mol. The van der Waals surface area contributed by atoms with Crippen molar-refractivity contribution < 1.29 is 13.2 Å². The minimum Gasteiger partial charge on any atom is -0.342 e. The fourth-order valence-electron chi connectivity index (χ4n) is 2.08. The zero-order valence-electron chi connectivity index (χ0n) is 11.8. The van der Waals surface area contributed by atoms with E-state index >= 15 is 0 Å². The van der Waals surface area contributed by atoms with Crippen LogP contribution >= 0.6 is 0 Å². The molecule has 1 amide bonds. The van der Waals surface area contributed by atoms with Crippen molar-refractivity contribution in [2.24, 2.45) is 5.73 Å². The van der Waals surface area contributed by atoms with Gasteiger partial charge in [-0.1, -0.05) is 0 Å². The minimum absolute atomic E-state index is 0.0114. The maximum atomic E-state index is 12.0. The molecule has 1 aliphatic heterocycles. The third-order valence-corrected chi connectivity index (χ3v) is 5.60. The Balaban J connectivity index is 2.35. The van der Waals surface area contributed by atoms with Gasteiger partial charge in [-0.3, -0.25) is 4.79 Å². The summed E-state index contributed by atoms with van der Waals surface area (Å²) in [6.45, 7) is 3.54. The first kappa shape index (κ1) is 16.4. The van der Waals surface area contributed by atoms with Crippen LogP contribution in [-0.4, -0.2) is 62.0 Å². The van der Waals surface area contributed by atoms with Crippen molar-refractivity contribution >= 4 is 15.9 Å². The van der Waals surface area contributed by atoms with Crippen LogP contribution in [0.25, 0.3) is 0 Å². The zero-order valence-corrected chi connectivity index (χ0v) is 12.7. The predicted octanol–water partition coefficient (Wildman–Crippen LogP) is -0.00220. The fraction of sp³-hybridized carbons (Fsp3) is 0.917. The van der Waals surface area contributed by atoms with Gasteiger partial charge in [0.15, 0.2) is 0 Å². The zero-order chi connectivity index (χ0) is 14.5. The molecule has 0 radical (unpaired) electrons. The number of carbonyl (C=O) groups is 1. The van der Waals surface area contributed by atoms with Gasteiger partial charge in [0.05, 0.1) is 5.75 Å². The van der Waals surface area contributed by atoms with Crippen molar-refractivity contribution in [3.05, 3.63) is 0 Å². The van der Waals surface area contributed by atoms with Gasteiger partial charge < -0.3 is 10.6 Å². The highest BCUT2D eigenvalue weighted by Gasteiger charge is 2.25. The Morgan fingerprint density at radius 2 is 1.95 bits per heavy atom. The summed E-state index contributed by atoms with van der Waals surface area (Å²) in [7, 11) is -1.47. The molecule has 1 heterocycles. The number of rotatable bonds is 7. The van der Waals surface area contributed by atoms with E-state index in [1.807, 2.05) is 6.92 Å². The van der Waals surface area contributed by atoms with Crippen LogP contribution in [0, 0.1) is 0 Å². The Morgan fingerprint density at radius 3 is 2.47 bits per heavy atom. The summed E-state index contributed by atoms with van der Waals surface area (Å²) >= 11 is 0. The van der Waals surface area contributed by atoms with E-state index in [-0.39, 0.29) is 24.1 Å². The molecule has 19 heavy (non-hydrogen) atoms. The molecule has 112 valence electrons. The lowest BCUT2D eigenvalue weighted by Gasteiger charge is -2.23. The van der Waals surface area contributed by atoms with E-state index in [1.54, 1.807) is 11.9 Å². The molecule has 0 aliphatic carbocycles. The van der Waals surface area contributed by atoms with Crippen molar-refractivity contribution in [1.29, 1.82) is 0 Å². The molecule has 1 saturated heterocycles. The number of likely N-dealkylation sites (N-methyl/N-ethyl adjacent to an activating group) is 1. The van der Waals surface area contributed by atoms with E-state index in [2.05, 4.69) is 0 Å². The molecule has 0 saturated carbocycles. The van der Waals surface area contributed by atoms with Gasteiger partial charge in [0.1, 0.15) is 0 Å². The number of carbonyl (C=O) groups excluding carboxylic acids is 1. The van der Waals surface area contributed by atoms with E-state index < -0.39 is 10.0 Å². The van der Waals surface area contributed by atoms with Crippen LogP contribution < -0.4 is 5.73 Å². The lowest BCUT2D eigenvalue weighted by molar-refractivity contribution is -0.131. The second-order valence-electron chi connectivity index (χ2n) is 5.12. The van der Waals surface area contributed by atoms with Crippen molar-refractivity contribution in [1.82, 2.24) is 9.21 Å². The number of amides is 1. The number of nitrogens with zero attached hydrogens (tertiary/aromatic N) is 2. The van der Waals surface area contributed by atoms with Crippen LogP contribution in [0.2, 0.25) is 0 Å². The van der Waals surface area contributed by atoms with E-state index in [4.69, 9.17) is 5.73 Å². The molecule has 0 bridgehead atoms. The predicted molar refractivity (Wildman–Crippen MR) is 75.1 cm³/mol. The lowest BCUT2D eigenvalue weighted by Crippen LogP contribution is -2.40. The summed E-state index contributed by atoms with van der Waals surface area (Å²) in [5.74, 6) is 0.0124. The highest BCUT2D eigenvalue weighted by molar-refractivity contribution is 7.89. The minimum atomic E-state index is -3.17. The fourth-order valence-corrected chi connectivity index (χ4v) is 3.66. The Bertz CT molecular complexity index is 391. The van der Waals surface area contributed by atoms with Gasteiger partial charge in [0.2, 0.25) is 15.9 Å². The number of sulfonamides is 1. The molecule has 0 spiro atoms. The third kappa shape index (κ3) is 4.74. The largest absolute Gasteiger partial charge is 0.342 e. The van der Waals surface area contributed by atoms with Crippen LogP contribution in [0.3, 0.4) is 0 Å². The van der Waals surface area contributed by atoms with Crippen molar-refractivity contribution in [2.75, 3.05) is 32.4 Å². The first-order valence-electron chi connectivity index (χ1n) is 6.82. The maximum absolute atomic E-state index is 12.0. The number of nitrogens with two attached hydrogens (primary N) is 1. The van der Waals surface area contributed by atoms with Crippen LogP contribution in [0.15, 0.2) is 0 Å². The molecule has 0 aromatic rings. The molecular weight excluding hydrogens is 266 g/mol. The number of hydrogen-bond donors (Lipinski definition) is 1. The first-order valence-corrected chi connectivity index (χ1v) is 8.43. The van der Waals surface area contributed by atoms with E-state index in [9.17, 15) is 13.2 Å². The van der Waals surface area contributed by atoms with E-state index in [0.717, 1.165) is 12.8 Å². The normalized spacial score (nSPS) is 18.5. The molecular formula is C12H25N3O3S. The maximum Gasteiger partial charge on any atom is 0.222 e. The summed E-state index contributed by atoms with van der Waals surface area (Å²) in [5, 5.41) is 0. The van der Waals surface area contributed by atoms with Gasteiger partial charge >= 0.3 is 0 Å². The Morgan fingerprint density at radius 1 is 1.37 bits per heavy atom. The molecule has 1 fully saturated rings. The van der Waals surface area contributed by atoms with Crippen LogP contribution in [0.1, 0.15) is 32.6 Å². The summed E-state index contributed by atoms with van der Waals surface area (Å²) in [6.07, 6.45) is 2.51. The van der Waals surface area contributed by atoms with Gasteiger partial charge in [-0.25, -0.2) is 12.7 Å². The SMILES string of the molecule is CC(CN)N(C)C(=O)CCCS(=O)(=O)N1CCCC1. The second kappa shape index (κ2) is 7.21. The molecule has 1 atom stereocenters. The summed E-state index contributed by atoms with van der Waals surface area (Å²) in [4.78, 5) is 13.4. The molecule has 1 unspecified atom stereocenters. The van der Waals surface area contributed by atoms with E-state index in [0.29, 0.717) is 26.1 Å². The van der Waals surface area contributed by atoms with Gasteiger partial charge in [-0.15, -0.1) is 0 Å². The van der Waals surface area contributed by atoms with Crippen molar-refractivity contribution in [2.45, 2.75) is 38.6 Å². The number of hydrogen-bond acceptors (Lipinski definition) is 4. The molecule has 0 aromatic heterocycles. The highest BCUT2D eigenvalue weighted by Crippen LogP contribution is 2.14. The quantitative estimate of drug-likeness (QED) is 0.715. The second-order valence-corrected chi connectivity index (χ2v) is 7.20. The van der Waals surface area contributed by atoms with Crippen LogP contribution in [0.5, 0.6) is 0 Å². The van der Waals surface area contributed by atoms with Crippen molar-refractivity contribution in [3.63, 3.8) is 0 Å². The van der Waals surface area contributed by atoms with Crippen LogP contribution in [0.4, 0.5) is 0 Å². The molecule has 1 rings (SSSR count). The molecule has 0 aromatic carbocycles. The smallest absolute Gasteiger partial charge is 0.222 e. The summed E-state index contributed by atoms with van der Waals surface area (Å²) in [6, 6.07) is -0.0114. The van der Waals surface area contributed by atoms with Gasteiger partial charge in [0, 0.05) is 39.1 Å². The molecule has 2 N–H and O–H groups in total. The highest BCUT2D eigenvalue weighted by atomic mass is 32.2. The van der Waals surface area contributed by atoms with Gasteiger partial charge in [-0.05, 0) is 26.2 Å². The van der Waals surface area contributed by atoms with Crippen LogP contribution in [-0.2, 0) is 14.8 Å². The topological polar surface area (TPSA) is 83.7 Å². The first-order chi connectivity index (χ1) is 8.88. The Kier molecular flexibility index (Phi) is 6.22. The molecule has 1 aliphatic rings. The van der Waals surface area contributed by atoms with Gasteiger partial charge in [0.25, 0.3) is 0 Å². The Hall–Kier alpha value is -0.660.